The van der Waals surface area contributed by atoms with Gasteiger partial charge in [0.15, 0.2) is 8.32 Å². The molecule has 0 spiro atoms. The zero-order valence-electron chi connectivity index (χ0n) is 14.6. The molecule has 0 aromatic rings. The van der Waals surface area contributed by atoms with Gasteiger partial charge in [0.25, 0.3) is 0 Å². The number of hydrogen-bond acceptors (Lipinski definition) is 2. The molecule has 1 fully saturated rings. The highest BCUT2D eigenvalue weighted by Crippen LogP contribution is 2.48. The largest absolute Gasteiger partial charge is 0.413 e. The fourth-order valence-corrected chi connectivity index (χ4v) is 7.61. The van der Waals surface area contributed by atoms with E-state index in [1.165, 1.54) is 31.0 Å². The summed E-state index contributed by atoms with van der Waals surface area (Å²) in [6, 6.07) is 3.79. The molecule has 3 heteroatoms. The Balaban J connectivity index is 2.12. The maximum Gasteiger partial charge on any atom is 0.192 e. The number of hydrogen-bond donors (Lipinski definition) is 0. The number of fused-ring (bicyclic) bond motifs is 1. The van der Waals surface area contributed by atoms with Gasteiger partial charge in [-0.15, -0.1) is 0 Å². The summed E-state index contributed by atoms with van der Waals surface area (Å²) in [6.07, 6.45) is 7.79. The third-order valence-electron chi connectivity index (χ3n) is 6.20. The third-order valence-corrected chi connectivity index (χ3v) is 10.8. The zero-order chi connectivity index (χ0) is 15.5. The minimum atomic E-state index is -1.50. The fraction of sp³-hybridized carbons (Fsp3) is 0.889. The monoisotopic (exact) mass is 310 g/mol. The third kappa shape index (κ3) is 3.46. The van der Waals surface area contributed by atoms with E-state index in [2.05, 4.69) is 39.8 Å². The molecule has 0 radical (unpaired) electrons. The number of methoxy groups -OCH3 is 1. The van der Waals surface area contributed by atoms with Crippen LogP contribution in [0.25, 0.3) is 0 Å². The van der Waals surface area contributed by atoms with E-state index in [0.717, 1.165) is 18.4 Å². The minimum absolute atomic E-state index is 0.492. The molecule has 5 atom stereocenters. The van der Waals surface area contributed by atoms with Gasteiger partial charge in [0.2, 0.25) is 0 Å². The topological polar surface area (TPSA) is 18.5 Å². The Bertz CT molecular complexity index is 343. The molecule has 0 aliphatic heterocycles. The first-order valence-corrected chi connectivity index (χ1v) is 11.5. The van der Waals surface area contributed by atoms with Gasteiger partial charge < -0.3 is 9.16 Å². The first-order chi connectivity index (χ1) is 10.1. The van der Waals surface area contributed by atoms with E-state index in [9.17, 15) is 0 Å². The van der Waals surface area contributed by atoms with E-state index in [0.29, 0.717) is 17.9 Å². The van der Waals surface area contributed by atoms with E-state index < -0.39 is 8.32 Å². The van der Waals surface area contributed by atoms with Crippen LogP contribution in [0.15, 0.2) is 12.2 Å². The van der Waals surface area contributed by atoms with Crippen molar-refractivity contribution in [2.45, 2.75) is 64.8 Å². The highest BCUT2D eigenvalue weighted by molar-refractivity contribution is 6.73. The zero-order valence-corrected chi connectivity index (χ0v) is 15.6. The maximum absolute atomic E-state index is 6.92. The quantitative estimate of drug-likeness (QED) is 0.493. The molecule has 2 nitrogen and oxygen atoms in total. The predicted molar refractivity (Wildman–Crippen MR) is 92.0 cm³/mol. The van der Waals surface area contributed by atoms with Crippen molar-refractivity contribution >= 4 is 8.32 Å². The van der Waals surface area contributed by atoms with E-state index in [4.69, 9.17) is 9.16 Å². The van der Waals surface area contributed by atoms with Crippen LogP contribution in [-0.2, 0) is 9.16 Å². The summed E-state index contributed by atoms with van der Waals surface area (Å²) in [5.41, 5.74) is 0. The lowest BCUT2D eigenvalue weighted by atomic mass is 9.78. The van der Waals surface area contributed by atoms with Crippen LogP contribution in [0.5, 0.6) is 0 Å². The summed E-state index contributed by atoms with van der Waals surface area (Å²) in [4.78, 5) is 0. The lowest BCUT2D eigenvalue weighted by Gasteiger charge is -2.38. The Kier molecular flexibility index (Phi) is 6.10. The molecular weight excluding hydrogens is 276 g/mol. The molecule has 21 heavy (non-hydrogen) atoms. The molecule has 0 saturated heterocycles. The van der Waals surface area contributed by atoms with Crippen molar-refractivity contribution in [1.82, 2.24) is 0 Å². The first kappa shape index (κ1) is 17.2. The average molecular weight is 311 g/mol. The van der Waals surface area contributed by atoms with Crippen molar-refractivity contribution in [1.29, 1.82) is 0 Å². The number of allylic oxidation sites excluding steroid dienone is 1. The van der Waals surface area contributed by atoms with Gasteiger partial charge in [-0.2, -0.15) is 0 Å². The van der Waals surface area contributed by atoms with Crippen molar-refractivity contribution in [2.24, 2.45) is 23.7 Å². The van der Waals surface area contributed by atoms with Crippen molar-refractivity contribution in [3.05, 3.63) is 12.2 Å². The molecule has 2 aliphatic carbocycles. The molecule has 0 amide bonds. The van der Waals surface area contributed by atoms with Crippen molar-refractivity contribution < 1.29 is 9.16 Å². The van der Waals surface area contributed by atoms with Gasteiger partial charge in [-0.3, -0.25) is 0 Å². The average Bonchev–Trinajstić information content (AvgIpc) is 2.82. The Labute approximate surface area is 132 Å². The lowest BCUT2D eigenvalue weighted by Crippen LogP contribution is -2.43. The van der Waals surface area contributed by atoms with Gasteiger partial charge in [-0.1, -0.05) is 39.8 Å². The van der Waals surface area contributed by atoms with E-state index >= 15 is 0 Å². The molecule has 2 aliphatic rings. The van der Waals surface area contributed by atoms with E-state index in [1.807, 2.05) is 7.11 Å². The van der Waals surface area contributed by atoms with Gasteiger partial charge in [0, 0.05) is 13.0 Å². The standard InChI is InChI=1S/C18H34O2Si/c1-6-21(7-2,8-3)20-18-14(4)12-17-15(13-19-5)10-9-11-16(17)18/h9-10,14-18H,6-8,11-13H2,1-5H3/t14-,15-,16+,17-,18-/m1/s1. The Morgan fingerprint density at radius 1 is 1.10 bits per heavy atom. The van der Waals surface area contributed by atoms with Gasteiger partial charge in [-0.25, -0.2) is 0 Å². The summed E-state index contributed by atoms with van der Waals surface area (Å²) >= 11 is 0. The molecule has 0 N–H and O–H groups in total. The Morgan fingerprint density at radius 2 is 1.76 bits per heavy atom. The SMILES string of the molecule is CC[Si](CC)(CC)O[C@H]1[C@H]2CC=C[C@H](COC)[C@H]2C[C@H]1C. The van der Waals surface area contributed by atoms with Crippen LogP contribution in [0.4, 0.5) is 0 Å². The van der Waals surface area contributed by atoms with Crippen molar-refractivity contribution in [3.8, 4) is 0 Å². The Morgan fingerprint density at radius 3 is 2.33 bits per heavy atom. The van der Waals surface area contributed by atoms with Crippen LogP contribution < -0.4 is 0 Å². The molecule has 122 valence electrons. The van der Waals surface area contributed by atoms with Gasteiger partial charge >= 0.3 is 0 Å². The molecule has 0 heterocycles. The first-order valence-electron chi connectivity index (χ1n) is 8.94. The van der Waals surface area contributed by atoms with Crippen molar-refractivity contribution in [3.63, 3.8) is 0 Å². The highest BCUT2D eigenvalue weighted by Gasteiger charge is 2.47. The molecule has 2 rings (SSSR count). The van der Waals surface area contributed by atoms with Crippen LogP contribution in [0.3, 0.4) is 0 Å². The number of rotatable bonds is 7. The van der Waals surface area contributed by atoms with Crippen LogP contribution in [-0.4, -0.2) is 28.1 Å². The lowest BCUT2D eigenvalue weighted by molar-refractivity contribution is 0.0767. The predicted octanol–water partition coefficient (Wildman–Crippen LogP) is 4.87. The smallest absolute Gasteiger partial charge is 0.192 e. The minimum Gasteiger partial charge on any atom is -0.413 e. The van der Waals surface area contributed by atoms with Crippen LogP contribution in [0, 0.1) is 23.7 Å². The van der Waals surface area contributed by atoms with Crippen LogP contribution >= 0.6 is 0 Å². The maximum atomic E-state index is 6.92. The second kappa shape index (κ2) is 7.43. The summed E-state index contributed by atoms with van der Waals surface area (Å²) < 4.78 is 12.4. The molecule has 0 bridgehead atoms. The second-order valence-corrected chi connectivity index (χ2v) is 11.9. The highest BCUT2D eigenvalue weighted by atomic mass is 28.4. The van der Waals surface area contributed by atoms with Gasteiger partial charge in [-0.05, 0) is 48.7 Å². The summed E-state index contributed by atoms with van der Waals surface area (Å²) in [7, 11) is 0.330. The van der Waals surface area contributed by atoms with Crippen LogP contribution in [0.1, 0.15) is 40.5 Å². The molecule has 0 aromatic heterocycles. The molecule has 0 aromatic carbocycles. The van der Waals surface area contributed by atoms with Crippen LogP contribution in [0.2, 0.25) is 18.1 Å². The van der Waals surface area contributed by atoms with E-state index in [1.54, 1.807) is 0 Å². The summed E-state index contributed by atoms with van der Waals surface area (Å²) in [5, 5.41) is 0. The fourth-order valence-electron chi connectivity index (χ4n) is 4.62. The molecule has 1 saturated carbocycles. The molecular formula is C18H34O2Si. The Hall–Kier alpha value is -0.123. The van der Waals surface area contributed by atoms with E-state index in [-0.39, 0.29) is 0 Å². The summed E-state index contributed by atoms with van der Waals surface area (Å²) in [6.45, 7) is 10.3. The molecule has 0 unspecified atom stereocenters. The van der Waals surface area contributed by atoms with Crippen molar-refractivity contribution in [2.75, 3.05) is 13.7 Å². The second-order valence-electron chi connectivity index (χ2n) is 7.15. The number of ether oxygens (including phenoxy) is 1. The summed E-state index contributed by atoms with van der Waals surface area (Å²) in [5.74, 6) is 2.80. The van der Waals surface area contributed by atoms with Gasteiger partial charge in [0.05, 0.1) is 12.7 Å². The normalized spacial score (nSPS) is 36.0. The van der Waals surface area contributed by atoms with Gasteiger partial charge in [0.1, 0.15) is 0 Å².